The fourth-order valence-corrected chi connectivity index (χ4v) is 3.97. The van der Waals surface area contributed by atoms with Crippen LogP contribution in [0.5, 0.6) is 0 Å². The van der Waals surface area contributed by atoms with Crippen LogP contribution in [0.3, 0.4) is 0 Å². The molecule has 0 aliphatic carbocycles. The summed E-state index contributed by atoms with van der Waals surface area (Å²) in [7, 11) is 0. The number of hydrogen-bond acceptors (Lipinski definition) is 1. The molecule has 0 N–H and O–H groups in total. The van der Waals surface area contributed by atoms with Crippen LogP contribution in [0, 0.1) is 0 Å². The van der Waals surface area contributed by atoms with Crippen LogP contribution in [0.25, 0.3) is 16.5 Å². The van der Waals surface area contributed by atoms with Gasteiger partial charge in [-0.1, -0.05) is 18.2 Å². The lowest BCUT2D eigenvalue weighted by molar-refractivity contribution is 0.275. The highest BCUT2D eigenvalue weighted by Crippen LogP contribution is 2.33. The van der Waals surface area contributed by atoms with Crippen molar-refractivity contribution in [3.63, 3.8) is 0 Å². The summed E-state index contributed by atoms with van der Waals surface area (Å²) in [5.74, 6) is 0. The summed E-state index contributed by atoms with van der Waals surface area (Å²) in [6.07, 6.45) is 8.65. The van der Waals surface area contributed by atoms with Crippen molar-refractivity contribution in [1.82, 2.24) is 9.47 Å². The van der Waals surface area contributed by atoms with Crippen LogP contribution in [-0.4, -0.2) is 28.6 Å². The molecule has 0 radical (unpaired) electrons. The van der Waals surface area contributed by atoms with Gasteiger partial charge >= 0.3 is 0 Å². The zero-order valence-electron chi connectivity index (χ0n) is 13.0. The van der Waals surface area contributed by atoms with Crippen LogP contribution >= 0.6 is 0 Å². The maximum atomic E-state index is 2.64. The van der Waals surface area contributed by atoms with Crippen LogP contribution in [0.4, 0.5) is 0 Å². The minimum Gasteiger partial charge on any atom is -0.345 e. The molecular formula is C19H24N2. The zero-order chi connectivity index (χ0) is 14.4. The minimum atomic E-state index is 0.517. The molecule has 110 valence electrons. The van der Waals surface area contributed by atoms with E-state index in [9.17, 15) is 0 Å². The summed E-state index contributed by atoms with van der Waals surface area (Å²) in [6.45, 7) is 6.94. The Morgan fingerprint density at radius 1 is 1.19 bits per heavy atom. The van der Waals surface area contributed by atoms with Crippen molar-refractivity contribution >= 4 is 16.5 Å². The third-order valence-corrected chi connectivity index (χ3v) is 5.18. The maximum Gasteiger partial charge on any atom is 0.0488 e. The second-order valence-electron chi connectivity index (χ2n) is 6.81. The molecule has 2 aliphatic rings. The van der Waals surface area contributed by atoms with Crippen LogP contribution < -0.4 is 0 Å². The molecule has 3 heterocycles. The predicted octanol–water partition coefficient (Wildman–Crippen LogP) is 4.47. The smallest absolute Gasteiger partial charge is 0.0488 e. The molecular weight excluding hydrogens is 256 g/mol. The number of nitrogens with zero attached hydrogens (tertiary/aromatic N) is 2. The third kappa shape index (κ3) is 2.22. The van der Waals surface area contributed by atoms with Crippen LogP contribution in [0.1, 0.15) is 44.7 Å². The minimum absolute atomic E-state index is 0.517. The van der Waals surface area contributed by atoms with E-state index >= 15 is 0 Å². The van der Waals surface area contributed by atoms with E-state index in [0.29, 0.717) is 6.04 Å². The van der Waals surface area contributed by atoms with E-state index < -0.39 is 0 Å². The Hall–Kier alpha value is -1.54. The Balaban J connectivity index is 1.72. The van der Waals surface area contributed by atoms with Gasteiger partial charge in [0, 0.05) is 30.3 Å². The maximum absolute atomic E-state index is 2.64. The van der Waals surface area contributed by atoms with Crippen molar-refractivity contribution in [2.24, 2.45) is 0 Å². The molecule has 2 nitrogen and oxygen atoms in total. The molecule has 0 spiro atoms. The number of benzene rings is 1. The average molecular weight is 280 g/mol. The van der Waals surface area contributed by atoms with Gasteiger partial charge < -0.3 is 4.57 Å². The lowest BCUT2D eigenvalue weighted by atomic mass is 9.94. The van der Waals surface area contributed by atoms with Crippen LogP contribution in [0.2, 0.25) is 0 Å². The Morgan fingerprint density at radius 2 is 2.10 bits per heavy atom. The van der Waals surface area contributed by atoms with Crippen LogP contribution in [-0.2, 0) is 0 Å². The molecule has 1 saturated heterocycles. The van der Waals surface area contributed by atoms with Gasteiger partial charge in [0.05, 0.1) is 0 Å². The molecule has 21 heavy (non-hydrogen) atoms. The lowest BCUT2D eigenvalue weighted by Gasteiger charge is -2.29. The number of rotatable bonds is 2. The highest BCUT2D eigenvalue weighted by Gasteiger charge is 2.27. The summed E-state index contributed by atoms with van der Waals surface area (Å²) in [5, 5.41) is 1.35. The molecule has 2 heteroatoms. The van der Waals surface area contributed by atoms with Gasteiger partial charge in [-0.2, -0.15) is 0 Å². The van der Waals surface area contributed by atoms with Crippen molar-refractivity contribution in [2.45, 2.75) is 45.2 Å². The number of fused-ring (bicyclic) bond motifs is 2. The van der Waals surface area contributed by atoms with Gasteiger partial charge in [-0.15, -0.1) is 0 Å². The normalized spacial score (nSPS) is 22.8. The number of hydrogen-bond donors (Lipinski definition) is 0. The molecule has 1 unspecified atom stereocenters. The van der Waals surface area contributed by atoms with Gasteiger partial charge in [-0.3, -0.25) is 4.90 Å². The standard InChI is InChI=1S/C19H24N2/c1-14(2)21-11-8-15-5-6-16(13-19(15)21)17-7-10-20-9-3-4-18(20)12-17/h5-8,11,13-14,18H,3-4,9-10,12H2,1-2H3. The van der Waals surface area contributed by atoms with Gasteiger partial charge in [-0.05, 0) is 68.3 Å². The zero-order valence-corrected chi connectivity index (χ0v) is 13.0. The first-order valence-corrected chi connectivity index (χ1v) is 8.26. The monoisotopic (exact) mass is 280 g/mol. The van der Waals surface area contributed by atoms with Crippen molar-refractivity contribution in [2.75, 3.05) is 13.1 Å². The molecule has 0 amide bonds. The summed E-state index contributed by atoms with van der Waals surface area (Å²) in [4.78, 5) is 2.64. The second kappa shape index (κ2) is 5.03. The Bertz CT molecular complexity index is 693. The van der Waals surface area contributed by atoms with E-state index in [1.54, 1.807) is 5.57 Å². The predicted molar refractivity (Wildman–Crippen MR) is 89.5 cm³/mol. The van der Waals surface area contributed by atoms with Gasteiger partial charge in [0.15, 0.2) is 0 Å². The summed E-state index contributed by atoms with van der Waals surface area (Å²) in [5.41, 5.74) is 4.35. The van der Waals surface area contributed by atoms with E-state index in [1.165, 1.54) is 42.3 Å². The largest absolute Gasteiger partial charge is 0.345 e. The fourth-order valence-electron chi connectivity index (χ4n) is 3.97. The van der Waals surface area contributed by atoms with Crippen LogP contribution in [0.15, 0.2) is 36.5 Å². The molecule has 1 aromatic heterocycles. The van der Waals surface area contributed by atoms with Gasteiger partial charge in [0.25, 0.3) is 0 Å². The van der Waals surface area contributed by atoms with Crippen molar-refractivity contribution in [3.05, 3.63) is 42.1 Å². The average Bonchev–Trinajstić information content (AvgIpc) is 3.12. The first kappa shape index (κ1) is 13.1. The highest BCUT2D eigenvalue weighted by molar-refractivity contribution is 5.84. The second-order valence-corrected chi connectivity index (χ2v) is 6.81. The van der Waals surface area contributed by atoms with Gasteiger partial charge in [0.2, 0.25) is 0 Å². The van der Waals surface area contributed by atoms with E-state index in [1.807, 2.05) is 0 Å². The van der Waals surface area contributed by atoms with E-state index in [2.05, 4.69) is 59.9 Å². The Kier molecular flexibility index (Phi) is 3.15. The van der Waals surface area contributed by atoms with E-state index in [0.717, 1.165) is 12.6 Å². The van der Waals surface area contributed by atoms with Gasteiger partial charge in [0.1, 0.15) is 0 Å². The fraction of sp³-hybridized carbons (Fsp3) is 0.474. The molecule has 0 saturated carbocycles. The summed E-state index contributed by atoms with van der Waals surface area (Å²) in [6, 6.07) is 10.5. The van der Waals surface area contributed by atoms with Crippen molar-refractivity contribution < 1.29 is 0 Å². The highest BCUT2D eigenvalue weighted by atomic mass is 15.2. The van der Waals surface area contributed by atoms with Crippen molar-refractivity contribution in [1.29, 1.82) is 0 Å². The lowest BCUT2D eigenvalue weighted by Crippen LogP contribution is -2.32. The summed E-state index contributed by atoms with van der Waals surface area (Å²) >= 11 is 0. The first-order chi connectivity index (χ1) is 10.2. The topological polar surface area (TPSA) is 8.17 Å². The molecule has 1 aromatic carbocycles. The Labute approximate surface area is 127 Å². The first-order valence-electron chi connectivity index (χ1n) is 8.26. The quantitative estimate of drug-likeness (QED) is 0.787. The number of aromatic nitrogens is 1. The van der Waals surface area contributed by atoms with Gasteiger partial charge in [-0.25, -0.2) is 0 Å². The molecule has 2 aliphatic heterocycles. The molecule has 0 bridgehead atoms. The van der Waals surface area contributed by atoms with E-state index in [4.69, 9.17) is 0 Å². The molecule has 4 rings (SSSR count). The molecule has 1 atom stereocenters. The molecule has 1 fully saturated rings. The Morgan fingerprint density at radius 3 is 2.95 bits per heavy atom. The third-order valence-electron chi connectivity index (χ3n) is 5.18. The van der Waals surface area contributed by atoms with E-state index in [-0.39, 0.29) is 0 Å². The SMILES string of the molecule is CC(C)n1ccc2ccc(C3=CCN4CCCC4C3)cc21. The molecule has 2 aromatic rings. The summed E-state index contributed by atoms with van der Waals surface area (Å²) < 4.78 is 2.38. The van der Waals surface area contributed by atoms with Crippen molar-refractivity contribution in [3.8, 4) is 0 Å².